The lowest BCUT2D eigenvalue weighted by Crippen LogP contribution is -2.46. The molecule has 0 spiro atoms. The van der Waals surface area contributed by atoms with E-state index in [1.54, 1.807) is 13.2 Å². The summed E-state index contributed by atoms with van der Waals surface area (Å²) >= 11 is 0. The van der Waals surface area contributed by atoms with E-state index in [9.17, 15) is 4.79 Å². The molecule has 1 saturated heterocycles. The highest BCUT2D eigenvalue weighted by atomic mass is 16.5. The first kappa shape index (κ1) is 14.5. The number of nitrogens with zero attached hydrogens (tertiary/aromatic N) is 1. The molecule has 1 saturated carbocycles. The molecule has 3 rings (SSSR count). The lowest BCUT2D eigenvalue weighted by Gasteiger charge is -2.30. The second-order valence-corrected chi connectivity index (χ2v) is 6.01. The third-order valence-electron chi connectivity index (χ3n) is 4.36. The summed E-state index contributed by atoms with van der Waals surface area (Å²) in [4.78, 5) is 12.3. The van der Waals surface area contributed by atoms with Gasteiger partial charge in [-0.15, -0.1) is 0 Å². The Kier molecular flexibility index (Phi) is 4.55. The third kappa shape index (κ3) is 3.63. The van der Waals surface area contributed by atoms with Crippen LogP contribution in [-0.4, -0.2) is 43.9 Å². The molecule has 2 aliphatic rings. The van der Waals surface area contributed by atoms with Gasteiger partial charge in [0.1, 0.15) is 5.76 Å². The minimum absolute atomic E-state index is 0.0330. The third-order valence-corrected chi connectivity index (χ3v) is 4.36. The molecule has 6 heteroatoms. The first-order chi connectivity index (χ1) is 10.3. The van der Waals surface area contributed by atoms with Crippen LogP contribution >= 0.6 is 0 Å². The molecule has 2 N–H and O–H groups in total. The Morgan fingerprint density at radius 3 is 2.90 bits per heavy atom. The van der Waals surface area contributed by atoms with Crippen LogP contribution in [-0.2, 0) is 4.74 Å². The molecule has 21 heavy (non-hydrogen) atoms. The average Bonchev–Trinajstić information content (AvgIpc) is 3.25. The van der Waals surface area contributed by atoms with Crippen molar-refractivity contribution in [1.82, 2.24) is 15.8 Å². The zero-order valence-electron chi connectivity index (χ0n) is 12.4. The van der Waals surface area contributed by atoms with Gasteiger partial charge in [-0.25, -0.2) is 0 Å². The fourth-order valence-electron chi connectivity index (χ4n) is 2.92. The predicted molar refractivity (Wildman–Crippen MR) is 77.2 cm³/mol. The van der Waals surface area contributed by atoms with Crippen molar-refractivity contribution in [3.05, 3.63) is 17.5 Å². The fourth-order valence-corrected chi connectivity index (χ4v) is 2.92. The number of nitrogens with one attached hydrogen (secondary N) is 2. The van der Waals surface area contributed by atoms with Crippen LogP contribution in [0.4, 0.5) is 0 Å². The number of carbonyl (C=O) groups is 1. The van der Waals surface area contributed by atoms with Crippen LogP contribution in [0.2, 0.25) is 0 Å². The Labute approximate surface area is 124 Å². The normalized spacial score (nSPS) is 21.2. The topological polar surface area (TPSA) is 76.4 Å². The van der Waals surface area contributed by atoms with E-state index in [1.807, 2.05) is 0 Å². The Morgan fingerprint density at radius 2 is 2.24 bits per heavy atom. The van der Waals surface area contributed by atoms with E-state index in [4.69, 9.17) is 9.26 Å². The second kappa shape index (κ2) is 6.58. The molecule has 1 unspecified atom stereocenters. The number of amides is 1. The largest absolute Gasteiger partial charge is 0.383 e. The molecule has 1 aliphatic carbocycles. The fraction of sp³-hybridized carbons (Fsp3) is 0.733. The molecule has 1 aromatic heterocycles. The highest BCUT2D eigenvalue weighted by Crippen LogP contribution is 2.40. The number of carbonyl (C=O) groups excluding carboxylic acids is 1. The summed E-state index contributed by atoms with van der Waals surface area (Å²) in [6.45, 7) is 2.52. The van der Waals surface area contributed by atoms with Crippen molar-refractivity contribution >= 4 is 5.91 Å². The summed E-state index contributed by atoms with van der Waals surface area (Å²) in [5.41, 5.74) is 0.381. The Bertz CT molecular complexity index is 478. The molecular formula is C15H23N3O3. The molecule has 2 heterocycles. The van der Waals surface area contributed by atoms with Crippen molar-refractivity contribution in [3.8, 4) is 0 Å². The van der Waals surface area contributed by atoms with Crippen molar-refractivity contribution in [1.29, 1.82) is 0 Å². The van der Waals surface area contributed by atoms with Gasteiger partial charge in [-0.2, -0.15) is 0 Å². The number of methoxy groups -OCH3 is 1. The maximum Gasteiger partial charge on any atom is 0.273 e. The zero-order chi connectivity index (χ0) is 14.7. The van der Waals surface area contributed by atoms with Crippen molar-refractivity contribution in [2.24, 2.45) is 5.92 Å². The molecule has 0 aromatic carbocycles. The summed E-state index contributed by atoms with van der Waals surface area (Å²) in [5, 5.41) is 10.3. The Balaban J connectivity index is 1.61. The van der Waals surface area contributed by atoms with Gasteiger partial charge in [0.15, 0.2) is 5.69 Å². The predicted octanol–water partition coefficient (Wildman–Crippen LogP) is 1.30. The lowest BCUT2D eigenvalue weighted by atomic mass is 9.90. The standard InChI is InChI=1S/C15H23N3O3/c1-20-9-13(10-4-6-16-7-5-10)17-15(19)12-8-14(21-18-12)11-2-3-11/h8,10-11,13,16H,2-7,9H2,1H3,(H,17,19). The molecule has 1 aromatic rings. The van der Waals surface area contributed by atoms with Gasteiger partial charge in [-0.1, -0.05) is 5.16 Å². The van der Waals surface area contributed by atoms with Gasteiger partial charge >= 0.3 is 0 Å². The Morgan fingerprint density at radius 1 is 1.48 bits per heavy atom. The number of ether oxygens (including phenoxy) is 1. The highest BCUT2D eigenvalue weighted by molar-refractivity contribution is 5.92. The SMILES string of the molecule is COCC(NC(=O)c1cc(C2CC2)on1)C1CCNCC1. The minimum atomic E-state index is -0.161. The number of hydrogen-bond donors (Lipinski definition) is 2. The van der Waals surface area contributed by atoms with Crippen molar-refractivity contribution in [2.45, 2.75) is 37.6 Å². The van der Waals surface area contributed by atoms with Crippen molar-refractivity contribution < 1.29 is 14.1 Å². The van der Waals surface area contributed by atoms with Crippen molar-refractivity contribution in [2.75, 3.05) is 26.8 Å². The van der Waals surface area contributed by atoms with Gasteiger partial charge in [-0.3, -0.25) is 4.79 Å². The molecule has 0 radical (unpaired) electrons. The maximum absolute atomic E-state index is 12.3. The van der Waals surface area contributed by atoms with E-state index < -0.39 is 0 Å². The summed E-state index contributed by atoms with van der Waals surface area (Å²) < 4.78 is 10.5. The molecule has 2 fully saturated rings. The first-order valence-corrected chi connectivity index (χ1v) is 7.75. The quantitative estimate of drug-likeness (QED) is 0.826. The van der Waals surface area contributed by atoms with Gasteiger partial charge in [-0.05, 0) is 44.7 Å². The average molecular weight is 293 g/mol. The summed E-state index contributed by atoms with van der Waals surface area (Å²) in [7, 11) is 1.67. The monoisotopic (exact) mass is 293 g/mol. The van der Waals surface area contributed by atoms with Gasteiger partial charge < -0.3 is 19.9 Å². The summed E-state index contributed by atoms with van der Waals surface area (Å²) in [6, 6.07) is 1.81. The number of piperidine rings is 1. The van der Waals surface area contributed by atoms with E-state index in [1.165, 1.54) is 0 Å². The number of rotatable bonds is 6. The minimum Gasteiger partial charge on any atom is -0.383 e. The molecular weight excluding hydrogens is 270 g/mol. The zero-order valence-corrected chi connectivity index (χ0v) is 12.4. The van der Waals surface area contributed by atoms with E-state index in [0.717, 1.165) is 44.5 Å². The van der Waals surface area contributed by atoms with Crippen LogP contribution in [0.25, 0.3) is 0 Å². The van der Waals surface area contributed by atoms with Crippen LogP contribution in [0.15, 0.2) is 10.6 Å². The number of hydrogen-bond acceptors (Lipinski definition) is 5. The second-order valence-electron chi connectivity index (χ2n) is 6.01. The maximum atomic E-state index is 12.3. The molecule has 116 valence electrons. The Hall–Kier alpha value is -1.40. The van der Waals surface area contributed by atoms with Gasteiger partial charge in [0.2, 0.25) is 0 Å². The highest BCUT2D eigenvalue weighted by Gasteiger charge is 2.30. The van der Waals surface area contributed by atoms with E-state index in [2.05, 4.69) is 15.8 Å². The van der Waals surface area contributed by atoms with Crippen LogP contribution in [0.3, 0.4) is 0 Å². The first-order valence-electron chi connectivity index (χ1n) is 7.75. The van der Waals surface area contributed by atoms with Crippen molar-refractivity contribution in [3.63, 3.8) is 0 Å². The summed E-state index contributed by atoms with van der Waals surface area (Å²) in [5.74, 6) is 1.60. The van der Waals surface area contributed by atoms with Gasteiger partial charge in [0.25, 0.3) is 5.91 Å². The van der Waals surface area contributed by atoms with Gasteiger partial charge in [0.05, 0.1) is 12.6 Å². The van der Waals surface area contributed by atoms with Crippen LogP contribution in [0.5, 0.6) is 0 Å². The number of aromatic nitrogens is 1. The van der Waals surface area contributed by atoms with E-state index in [0.29, 0.717) is 24.1 Å². The molecule has 1 aliphatic heterocycles. The molecule has 1 amide bonds. The lowest BCUT2D eigenvalue weighted by molar-refractivity contribution is 0.0822. The molecule has 1 atom stereocenters. The van der Waals surface area contributed by atoms with Crippen LogP contribution < -0.4 is 10.6 Å². The van der Waals surface area contributed by atoms with E-state index >= 15 is 0 Å². The van der Waals surface area contributed by atoms with Crippen LogP contribution in [0.1, 0.15) is 47.8 Å². The smallest absolute Gasteiger partial charge is 0.273 e. The summed E-state index contributed by atoms with van der Waals surface area (Å²) in [6.07, 6.45) is 4.39. The van der Waals surface area contributed by atoms with E-state index in [-0.39, 0.29) is 11.9 Å². The van der Waals surface area contributed by atoms with Crippen LogP contribution in [0, 0.1) is 5.92 Å². The molecule has 0 bridgehead atoms. The van der Waals surface area contributed by atoms with Gasteiger partial charge in [0, 0.05) is 19.1 Å². The molecule has 6 nitrogen and oxygen atoms in total.